The van der Waals surface area contributed by atoms with Crippen molar-refractivity contribution in [3.05, 3.63) is 45.8 Å². The summed E-state index contributed by atoms with van der Waals surface area (Å²) in [7, 11) is -2.37. The SMILES string of the molecule is CCc1ccccc1N(CC(=O)Nc1sc2c(c1C(=O)OC)CCCC2)S(C)(=O)=O. The minimum atomic E-state index is -3.69. The van der Waals surface area contributed by atoms with E-state index in [0.29, 0.717) is 22.7 Å². The van der Waals surface area contributed by atoms with E-state index in [0.717, 1.165) is 52.2 Å². The van der Waals surface area contributed by atoms with Gasteiger partial charge in [0.2, 0.25) is 15.9 Å². The summed E-state index contributed by atoms with van der Waals surface area (Å²) in [6.07, 6.45) is 5.36. The first-order valence-corrected chi connectivity index (χ1v) is 12.5. The lowest BCUT2D eigenvalue weighted by Gasteiger charge is -2.24. The molecule has 0 aliphatic heterocycles. The van der Waals surface area contributed by atoms with E-state index >= 15 is 0 Å². The van der Waals surface area contributed by atoms with Gasteiger partial charge >= 0.3 is 5.97 Å². The quantitative estimate of drug-likeness (QED) is 0.653. The Morgan fingerprint density at radius 1 is 1.20 bits per heavy atom. The summed E-state index contributed by atoms with van der Waals surface area (Å²) < 4.78 is 30.9. The molecule has 1 amide bonds. The Balaban J connectivity index is 1.90. The standard InChI is InChI=1S/C21H26N2O5S2/c1-4-14-9-5-7-11-16(14)23(30(3,26)27)13-18(24)22-20-19(21(25)28-2)15-10-6-8-12-17(15)29-20/h5,7,9,11H,4,6,8,10,12-13H2,1-3H3,(H,22,24). The van der Waals surface area contributed by atoms with Gasteiger partial charge in [0.25, 0.3) is 0 Å². The minimum absolute atomic E-state index is 0.376. The first-order valence-electron chi connectivity index (χ1n) is 9.84. The normalized spacial score (nSPS) is 13.4. The van der Waals surface area contributed by atoms with E-state index in [9.17, 15) is 18.0 Å². The summed E-state index contributed by atoms with van der Waals surface area (Å²) in [6, 6.07) is 7.11. The molecule has 2 aromatic rings. The number of esters is 1. The fourth-order valence-electron chi connectivity index (χ4n) is 3.70. The summed E-state index contributed by atoms with van der Waals surface area (Å²) in [6.45, 7) is 1.55. The second kappa shape index (κ2) is 9.18. The van der Waals surface area contributed by atoms with Crippen molar-refractivity contribution in [2.45, 2.75) is 39.0 Å². The fourth-order valence-corrected chi connectivity index (χ4v) is 5.88. The van der Waals surface area contributed by atoms with Gasteiger partial charge in [0.05, 0.1) is 24.6 Å². The summed E-state index contributed by atoms with van der Waals surface area (Å²) >= 11 is 1.37. The predicted octanol–water partition coefficient (Wildman–Crippen LogP) is 3.38. The molecule has 7 nitrogen and oxygen atoms in total. The lowest BCUT2D eigenvalue weighted by atomic mass is 9.95. The van der Waals surface area contributed by atoms with Crippen LogP contribution in [-0.4, -0.2) is 40.2 Å². The molecule has 162 valence electrons. The van der Waals surface area contributed by atoms with Crippen LogP contribution in [0.2, 0.25) is 0 Å². The van der Waals surface area contributed by atoms with Crippen molar-refractivity contribution in [1.29, 1.82) is 0 Å². The first kappa shape index (κ1) is 22.3. The van der Waals surface area contributed by atoms with Crippen LogP contribution in [-0.2, 0) is 38.8 Å². The van der Waals surface area contributed by atoms with Crippen molar-refractivity contribution in [1.82, 2.24) is 0 Å². The van der Waals surface area contributed by atoms with Crippen LogP contribution in [0.4, 0.5) is 10.7 Å². The number of hydrogen-bond donors (Lipinski definition) is 1. The van der Waals surface area contributed by atoms with Gasteiger partial charge in [-0.15, -0.1) is 11.3 Å². The molecule has 0 fully saturated rings. The summed E-state index contributed by atoms with van der Waals surface area (Å²) in [4.78, 5) is 26.3. The number of thiophene rings is 1. The number of amides is 1. The van der Waals surface area contributed by atoms with Crippen molar-refractivity contribution in [2.75, 3.05) is 29.5 Å². The molecule has 1 heterocycles. The number of carbonyl (C=O) groups excluding carboxylic acids is 2. The Kier molecular flexibility index (Phi) is 6.82. The number of benzene rings is 1. The van der Waals surface area contributed by atoms with Crippen LogP contribution in [0.5, 0.6) is 0 Å². The second-order valence-corrected chi connectivity index (χ2v) is 10.2. The molecule has 0 saturated carbocycles. The summed E-state index contributed by atoms with van der Waals surface area (Å²) in [5, 5.41) is 3.19. The number of hydrogen-bond acceptors (Lipinski definition) is 6. The Bertz CT molecular complexity index is 1060. The number of rotatable bonds is 7. The Morgan fingerprint density at radius 2 is 1.90 bits per heavy atom. The lowest BCUT2D eigenvalue weighted by Crippen LogP contribution is -2.38. The van der Waals surface area contributed by atoms with Gasteiger partial charge in [-0.2, -0.15) is 0 Å². The molecular formula is C21H26N2O5S2. The number of sulfonamides is 1. The molecule has 0 spiro atoms. The minimum Gasteiger partial charge on any atom is -0.465 e. The molecule has 9 heteroatoms. The topological polar surface area (TPSA) is 92.8 Å². The zero-order valence-corrected chi connectivity index (χ0v) is 19.0. The molecule has 1 aromatic heterocycles. The molecule has 1 aliphatic carbocycles. The van der Waals surface area contributed by atoms with Crippen LogP contribution in [0, 0.1) is 0 Å². The molecule has 1 aromatic carbocycles. The predicted molar refractivity (Wildman–Crippen MR) is 119 cm³/mol. The van der Waals surface area contributed by atoms with Crippen LogP contribution in [0.3, 0.4) is 0 Å². The van der Waals surface area contributed by atoms with Crippen molar-refractivity contribution in [3.8, 4) is 0 Å². The molecule has 30 heavy (non-hydrogen) atoms. The highest BCUT2D eigenvalue weighted by molar-refractivity contribution is 7.92. The summed E-state index contributed by atoms with van der Waals surface area (Å²) in [5.74, 6) is -0.990. The number of nitrogens with one attached hydrogen (secondary N) is 1. The molecule has 0 atom stereocenters. The van der Waals surface area contributed by atoms with Gasteiger partial charge in [-0.3, -0.25) is 9.10 Å². The zero-order chi connectivity index (χ0) is 21.9. The maximum atomic E-state index is 12.9. The van der Waals surface area contributed by atoms with Crippen molar-refractivity contribution in [3.63, 3.8) is 0 Å². The number of para-hydroxylation sites is 1. The van der Waals surface area contributed by atoms with E-state index < -0.39 is 21.9 Å². The second-order valence-electron chi connectivity index (χ2n) is 7.21. The maximum Gasteiger partial charge on any atom is 0.341 e. The van der Waals surface area contributed by atoms with Gasteiger partial charge < -0.3 is 10.1 Å². The highest BCUT2D eigenvalue weighted by atomic mass is 32.2. The largest absolute Gasteiger partial charge is 0.465 e. The molecular weight excluding hydrogens is 424 g/mol. The van der Waals surface area contributed by atoms with Gasteiger partial charge in [-0.25, -0.2) is 13.2 Å². The van der Waals surface area contributed by atoms with E-state index in [1.54, 1.807) is 12.1 Å². The van der Waals surface area contributed by atoms with Crippen LogP contribution < -0.4 is 9.62 Å². The molecule has 1 aliphatic rings. The van der Waals surface area contributed by atoms with E-state index in [-0.39, 0.29) is 6.54 Å². The Morgan fingerprint density at radius 3 is 2.57 bits per heavy atom. The van der Waals surface area contributed by atoms with Crippen molar-refractivity contribution >= 4 is 43.9 Å². The smallest absolute Gasteiger partial charge is 0.341 e. The average molecular weight is 451 g/mol. The van der Waals surface area contributed by atoms with Crippen LogP contribution in [0.1, 0.15) is 46.1 Å². The Labute approximate surface area is 181 Å². The number of carbonyl (C=O) groups is 2. The highest BCUT2D eigenvalue weighted by Gasteiger charge is 2.28. The number of methoxy groups -OCH3 is 1. The van der Waals surface area contributed by atoms with Gasteiger partial charge in [-0.05, 0) is 49.3 Å². The van der Waals surface area contributed by atoms with Gasteiger partial charge in [0.15, 0.2) is 0 Å². The molecule has 0 saturated heterocycles. The highest BCUT2D eigenvalue weighted by Crippen LogP contribution is 2.38. The molecule has 0 bridgehead atoms. The lowest BCUT2D eigenvalue weighted by molar-refractivity contribution is -0.114. The third-order valence-corrected chi connectivity index (χ3v) is 7.48. The van der Waals surface area contributed by atoms with Crippen molar-refractivity contribution < 1.29 is 22.7 Å². The number of anilines is 2. The summed E-state index contributed by atoms with van der Waals surface area (Å²) in [5.41, 5.74) is 2.64. The van der Waals surface area contributed by atoms with Gasteiger partial charge in [0.1, 0.15) is 11.5 Å². The zero-order valence-electron chi connectivity index (χ0n) is 17.4. The van der Waals surface area contributed by atoms with E-state index in [1.807, 2.05) is 19.1 Å². The average Bonchev–Trinajstić information content (AvgIpc) is 3.08. The van der Waals surface area contributed by atoms with Crippen molar-refractivity contribution in [2.24, 2.45) is 0 Å². The molecule has 0 unspecified atom stereocenters. The van der Waals surface area contributed by atoms with Gasteiger partial charge in [0, 0.05) is 4.88 Å². The third kappa shape index (κ3) is 4.67. The number of aryl methyl sites for hydroxylation is 2. The first-order chi connectivity index (χ1) is 14.3. The van der Waals surface area contributed by atoms with E-state index in [1.165, 1.54) is 18.4 Å². The fraction of sp³-hybridized carbons (Fsp3) is 0.429. The number of fused-ring (bicyclic) bond motifs is 1. The molecule has 3 rings (SSSR count). The van der Waals surface area contributed by atoms with Crippen LogP contribution in [0.15, 0.2) is 24.3 Å². The number of ether oxygens (including phenoxy) is 1. The Hall–Kier alpha value is -2.39. The van der Waals surface area contributed by atoms with Crippen LogP contribution in [0.25, 0.3) is 0 Å². The molecule has 0 radical (unpaired) electrons. The van der Waals surface area contributed by atoms with Gasteiger partial charge in [-0.1, -0.05) is 25.1 Å². The molecule has 1 N–H and O–H groups in total. The van der Waals surface area contributed by atoms with E-state index in [4.69, 9.17) is 4.74 Å². The van der Waals surface area contributed by atoms with Crippen LogP contribution >= 0.6 is 11.3 Å². The van der Waals surface area contributed by atoms with E-state index in [2.05, 4.69) is 5.32 Å². The monoisotopic (exact) mass is 450 g/mol. The maximum absolute atomic E-state index is 12.9. The third-order valence-electron chi connectivity index (χ3n) is 5.14. The number of nitrogens with zero attached hydrogens (tertiary/aromatic N) is 1.